The molecule has 1 aliphatic heterocycles. The molecule has 0 bridgehead atoms. The van der Waals surface area contributed by atoms with Gasteiger partial charge in [-0.2, -0.15) is 5.26 Å². The van der Waals surface area contributed by atoms with Crippen molar-refractivity contribution in [1.29, 1.82) is 5.26 Å². The highest BCUT2D eigenvalue weighted by molar-refractivity contribution is 6.08. The fourth-order valence-electron chi connectivity index (χ4n) is 2.39. The van der Waals surface area contributed by atoms with E-state index < -0.39 is 5.92 Å². The van der Waals surface area contributed by atoms with Gasteiger partial charge in [0, 0.05) is 18.7 Å². The molecule has 2 rings (SSSR count). The van der Waals surface area contributed by atoms with Crippen molar-refractivity contribution in [1.82, 2.24) is 0 Å². The van der Waals surface area contributed by atoms with Crippen LogP contribution in [0.5, 0.6) is 0 Å². The van der Waals surface area contributed by atoms with E-state index in [1.54, 1.807) is 36.1 Å². The Hall–Kier alpha value is -2.15. The van der Waals surface area contributed by atoms with Gasteiger partial charge < -0.3 is 4.90 Å². The molecule has 0 spiro atoms. The number of nitrogens with zero attached hydrogens (tertiary/aromatic N) is 2. The van der Waals surface area contributed by atoms with E-state index >= 15 is 0 Å². The Morgan fingerprint density at radius 3 is 2.68 bits per heavy atom. The van der Waals surface area contributed by atoms with Gasteiger partial charge in [-0.15, -0.1) is 0 Å². The van der Waals surface area contributed by atoms with E-state index in [1.807, 2.05) is 6.07 Å². The number of ketones is 1. The number of hydrogen-bond acceptors (Lipinski definition) is 3. The molecule has 1 amide bonds. The van der Waals surface area contributed by atoms with Gasteiger partial charge in [0.2, 0.25) is 5.91 Å². The fraction of sp³-hybridized carbons (Fsp3) is 0.400. The average molecular weight is 256 g/mol. The molecular formula is C15H16N2O2. The lowest BCUT2D eigenvalue weighted by molar-refractivity contribution is -0.133. The average Bonchev–Trinajstić information content (AvgIpc) is 2.47. The Balaban J connectivity index is 2.21. The van der Waals surface area contributed by atoms with E-state index in [2.05, 4.69) is 0 Å². The molecule has 98 valence electrons. The lowest BCUT2D eigenvalue weighted by atomic mass is 9.91. The zero-order valence-electron chi connectivity index (χ0n) is 10.9. The summed E-state index contributed by atoms with van der Waals surface area (Å²) < 4.78 is 0. The van der Waals surface area contributed by atoms with Crippen molar-refractivity contribution in [2.24, 2.45) is 5.92 Å². The number of rotatable bonds is 3. The lowest BCUT2D eigenvalue weighted by Gasteiger charge is -2.31. The maximum Gasteiger partial charge on any atom is 0.237 e. The zero-order chi connectivity index (χ0) is 13.8. The Kier molecular flexibility index (Phi) is 3.96. The lowest BCUT2D eigenvalue weighted by Crippen LogP contribution is -2.44. The summed E-state index contributed by atoms with van der Waals surface area (Å²) in [4.78, 5) is 25.7. The predicted octanol–water partition coefficient (Wildman–Crippen LogP) is 2.28. The summed E-state index contributed by atoms with van der Waals surface area (Å²) in [5.74, 6) is -0.583. The zero-order valence-corrected chi connectivity index (χ0v) is 10.9. The van der Waals surface area contributed by atoms with Crippen LogP contribution in [0.3, 0.4) is 0 Å². The second kappa shape index (κ2) is 5.66. The molecule has 1 saturated heterocycles. The van der Waals surface area contributed by atoms with Gasteiger partial charge in [-0.3, -0.25) is 9.59 Å². The van der Waals surface area contributed by atoms with Gasteiger partial charge in [0.05, 0.1) is 17.6 Å². The van der Waals surface area contributed by atoms with Crippen molar-refractivity contribution in [3.63, 3.8) is 0 Å². The first-order valence-electron chi connectivity index (χ1n) is 6.51. The highest BCUT2D eigenvalue weighted by Crippen LogP contribution is 2.25. The van der Waals surface area contributed by atoms with E-state index in [-0.39, 0.29) is 11.7 Å². The van der Waals surface area contributed by atoms with Crippen molar-refractivity contribution >= 4 is 17.4 Å². The SMILES string of the molecule is CCC(=O)[C@H]1CCCN(c2ccc(C#N)cc2)C1=O. The molecule has 1 heterocycles. The number of carbonyl (C=O) groups is 2. The molecule has 4 heteroatoms. The second-order valence-electron chi connectivity index (χ2n) is 4.66. The van der Waals surface area contributed by atoms with Crippen molar-refractivity contribution < 1.29 is 9.59 Å². The van der Waals surface area contributed by atoms with E-state index in [0.29, 0.717) is 24.9 Å². The molecule has 0 aromatic heterocycles. The van der Waals surface area contributed by atoms with Gasteiger partial charge in [0.1, 0.15) is 5.78 Å². The van der Waals surface area contributed by atoms with Gasteiger partial charge in [-0.25, -0.2) is 0 Å². The summed E-state index contributed by atoms with van der Waals surface area (Å²) in [6, 6.07) is 8.94. The summed E-state index contributed by atoms with van der Waals surface area (Å²) in [6.07, 6.45) is 1.89. The largest absolute Gasteiger partial charge is 0.312 e. The molecule has 1 aromatic carbocycles. The number of benzene rings is 1. The summed E-state index contributed by atoms with van der Waals surface area (Å²) in [5, 5.41) is 8.76. The molecule has 1 aromatic rings. The number of piperidine rings is 1. The molecule has 0 aliphatic carbocycles. The standard InChI is InChI=1S/C15H16N2O2/c1-2-14(18)13-4-3-9-17(15(13)19)12-7-5-11(10-16)6-8-12/h5-8,13H,2-4,9H2,1H3/t13-/m1/s1. The maximum absolute atomic E-state index is 12.3. The minimum atomic E-state index is -0.491. The molecule has 19 heavy (non-hydrogen) atoms. The van der Waals surface area contributed by atoms with Gasteiger partial charge in [-0.1, -0.05) is 6.92 Å². The number of carbonyl (C=O) groups excluding carboxylic acids is 2. The fourth-order valence-corrected chi connectivity index (χ4v) is 2.39. The van der Waals surface area contributed by atoms with Crippen LogP contribution in [0.25, 0.3) is 0 Å². The first kappa shape index (κ1) is 13.3. The molecule has 1 aliphatic rings. The van der Waals surface area contributed by atoms with Gasteiger partial charge in [0.25, 0.3) is 0 Å². The summed E-state index contributed by atoms with van der Waals surface area (Å²) in [7, 11) is 0. The van der Waals surface area contributed by atoms with Gasteiger partial charge >= 0.3 is 0 Å². The summed E-state index contributed by atoms with van der Waals surface area (Å²) in [5.41, 5.74) is 1.33. The Morgan fingerprint density at radius 2 is 2.11 bits per heavy atom. The molecule has 0 radical (unpaired) electrons. The van der Waals surface area contributed by atoms with Gasteiger partial charge in [0.15, 0.2) is 0 Å². The number of anilines is 1. The third kappa shape index (κ3) is 2.65. The Labute approximate surface area is 112 Å². The van der Waals surface area contributed by atoms with E-state index in [0.717, 1.165) is 12.1 Å². The highest BCUT2D eigenvalue weighted by Gasteiger charge is 2.33. The van der Waals surface area contributed by atoms with Crippen LogP contribution in [0.15, 0.2) is 24.3 Å². The van der Waals surface area contributed by atoms with E-state index in [1.165, 1.54) is 0 Å². The van der Waals surface area contributed by atoms with Crippen LogP contribution < -0.4 is 4.90 Å². The Morgan fingerprint density at radius 1 is 1.42 bits per heavy atom. The van der Waals surface area contributed by atoms with Crippen molar-refractivity contribution in [3.8, 4) is 6.07 Å². The smallest absolute Gasteiger partial charge is 0.237 e. The number of hydrogen-bond donors (Lipinski definition) is 0. The molecule has 0 unspecified atom stereocenters. The van der Waals surface area contributed by atoms with E-state index in [4.69, 9.17) is 5.26 Å². The summed E-state index contributed by atoms with van der Waals surface area (Å²) >= 11 is 0. The topological polar surface area (TPSA) is 61.2 Å². The van der Waals surface area contributed by atoms with Crippen molar-refractivity contribution in [2.45, 2.75) is 26.2 Å². The van der Waals surface area contributed by atoms with Crippen LogP contribution in [0, 0.1) is 17.2 Å². The number of nitriles is 1. The van der Waals surface area contributed by atoms with Crippen molar-refractivity contribution in [3.05, 3.63) is 29.8 Å². The number of Topliss-reactive ketones (excluding diaryl/α,β-unsaturated/α-hetero) is 1. The molecule has 1 fully saturated rings. The van der Waals surface area contributed by atoms with Crippen LogP contribution in [0.4, 0.5) is 5.69 Å². The normalized spacial score (nSPS) is 19.1. The Bertz CT molecular complexity index is 528. The second-order valence-corrected chi connectivity index (χ2v) is 4.66. The summed E-state index contributed by atoms with van der Waals surface area (Å²) in [6.45, 7) is 2.43. The first-order chi connectivity index (χ1) is 9.17. The minimum Gasteiger partial charge on any atom is -0.312 e. The molecule has 4 nitrogen and oxygen atoms in total. The molecule has 0 N–H and O–H groups in total. The van der Waals surface area contributed by atoms with Crippen LogP contribution >= 0.6 is 0 Å². The third-order valence-electron chi connectivity index (χ3n) is 3.48. The quantitative estimate of drug-likeness (QED) is 0.779. The van der Waals surface area contributed by atoms with Crippen LogP contribution in [0.1, 0.15) is 31.7 Å². The maximum atomic E-state index is 12.3. The molecule has 0 saturated carbocycles. The third-order valence-corrected chi connectivity index (χ3v) is 3.48. The monoisotopic (exact) mass is 256 g/mol. The molecular weight excluding hydrogens is 240 g/mol. The van der Waals surface area contributed by atoms with Crippen molar-refractivity contribution in [2.75, 3.05) is 11.4 Å². The first-order valence-corrected chi connectivity index (χ1v) is 6.51. The van der Waals surface area contributed by atoms with Crippen LogP contribution in [-0.4, -0.2) is 18.2 Å². The highest BCUT2D eigenvalue weighted by atomic mass is 16.2. The van der Waals surface area contributed by atoms with Crippen LogP contribution in [0.2, 0.25) is 0 Å². The molecule has 1 atom stereocenters. The van der Waals surface area contributed by atoms with Crippen LogP contribution in [-0.2, 0) is 9.59 Å². The van der Waals surface area contributed by atoms with Gasteiger partial charge in [-0.05, 0) is 37.1 Å². The predicted molar refractivity (Wildman–Crippen MR) is 71.5 cm³/mol. The number of amides is 1. The minimum absolute atomic E-state index is 0.0170. The van der Waals surface area contributed by atoms with E-state index in [9.17, 15) is 9.59 Å².